The van der Waals surface area contributed by atoms with E-state index in [9.17, 15) is 14.7 Å². The molecule has 5 nitrogen and oxygen atoms in total. The van der Waals surface area contributed by atoms with Crippen LogP contribution in [0.3, 0.4) is 0 Å². The van der Waals surface area contributed by atoms with Crippen molar-refractivity contribution in [1.29, 1.82) is 0 Å². The number of rotatable bonds is 7. The van der Waals surface area contributed by atoms with E-state index in [-0.39, 0.29) is 31.0 Å². The second-order valence-corrected chi connectivity index (χ2v) is 4.57. The average Bonchev–Trinajstić information content (AvgIpc) is 2.50. The van der Waals surface area contributed by atoms with Gasteiger partial charge in [0.2, 0.25) is 11.8 Å². The quantitative estimate of drug-likeness (QED) is 0.784. The van der Waals surface area contributed by atoms with Crippen LogP contribution in [0, 0.1) is 0 Å². The number of carbonyl (C=O) groups excluding carboxylic acids is 2. The van der Waals surface area contributed by atoms with Gasteiger partial charge >= 0.3 is 0 Å². The first-order valence-electron chi connectivity index (χ1n) is 6.78. The fourth-order valence-electron chi connectivity index (χ4n) is 1.98. The molecule has 1 rings (SSSR count). The SMILES string of the molecule is CCC(=O)NCC(=O)N(C)C(CCO)c1ccccc1. The largest absolute Gasteiger partial charge is 0.396 e. The number of amides is 2. The lowest BCUT2D eigenvalue weighted by atomic mass is 10.0. The second kappa shape index (κ2) is 8.32. The van der Waals surface area contributed by atoms with Crippen molar-refractivity contribution < 1.29 is 14.7 Å². The van der Waals surface area contributed by atoms with Crippen LogP contribution in [0.5, 0.6) is 0 Å². The second-order valence-electron chi connectivity index (χ2n) is 4.57. The van der Waals surface area contributed by atoms with E-state index in [2.05, 4.69) is 5.32 Å². The summed E-state index contributed by atoms with van der Waals surface area (Å²) in [5, 5.41) is 11.7. The standard InChI is InChI=1S/C15H22N2O3/c1-3-14(19)16-11-15(20)17(2)13(9-10-18)12-7-5-4-6-8-12/h4-8,13,18H,3,9-11H2,1-2H3,(H,16,19). The fraction of sp³-hybridized carbons (Fsp3) is 0.467. The Bertz CT molecular complexity index is 434. The number of nitrogens with one attached hydrogen (secondary N) is 1. The Morgan fingerprint density at radius 3 is 2.50 bits per heavy atom. The highest BCUT2D eigenvalue weighted by molar-refractivity contribution is 5.84. The number of carbonyl (C=O) groups is 2. The predicted octanol–water partition coefficient (Wildman–Crippen LogP) is 1.09. The third kappa shape index (κ3) is 4.66. The zero-order chi connectivity index (χ0) is 15.0. The molecule has 2 amide bonds. The number of aliphatic hydroxyl groups excluding tert-OH is 1. The molecule has 1 aromatic rings. The molecule has 20 heavy (non-hydrogen) atoms. The van der Waals surface area contributed by atoms with Crippen LogP contribution in [0.1, 0.15) is 31.4 Å². The van der Waals surface area contributed by atoms with Crippen molar-refractivity contribution in [3.8, 4) is 0 Å². The number of benzene rings is 1. The monoisotopic (exact) mass is 278 g/mol. The van der Waals surface area contributed by atoms with Gasteiger partial charge in [-0.3, -0.25) is 9.59 Å². The zero-order valence-electron chi connectivity index (χ0n) is 12.0. The molecule has 1 atom stereocenters. The molecular weight excluding hydrogens is 256 g/mol. The molecule has 0 bridgehead atoms. The molecule has 0 heterocycles. The highest BCUT2D eigenvalue weighted by Gasteiger charge is 2.21. The molecule has 0 fully saturated rings. The average molecular weight is 278 g/mol. The number of hydrogen-bond acceptors (Lipinski definition) is 3. The lowest BCUT2D eigenvalue weighted by molar-refractivity contribution is -0.133. The topological polar surface area (TPSA) is 69.6 Å². The molecule has 0 saturated carbocycles. The molecule has 5 heteroatoms. The summed E-state index contributed by atoms with van der Waals surface area (Å²) in [6.07, 6.45) is 0.823. The summed E-state index contributed by atoms with van der Waals surface area (Å²) in [5.74, 6) is -0.320. The van der Waals surface area contributed by atoms with Crippen LogP contribution < -0.4 is 5.32 Å². The molecule has 110 valence electrons. The normalized spacial score (nSPS) is 11.8. The van der Waals surface area contributed by atoms with Crippen molar-refractivity contribution in [2.75, 3.05) is 20.2 Å². The summed E-state index contributed by atoms with van der Waals surface area (Å²) in [5.41, 5.74) is 0.971. The van der Waals surface area contributed by atoms with Crippen LogP contribution in [0.4, 0.5) is 0 Å². The Labute approximate surface area is 119 Å². The first-order chi connectivity index (χ1) is 9.60. The van der Waals surface area contributed by atoms with E-state index in [1.807, 2.05) is 30.3 Å². The van der Waals surface area contributed by atoms with Gasteiger partial charge in [-0.15, -0.1) is 0 Å². The van der Waals surface area contributed by atoms with Gasteiger partial charge in [-0.05, 0) is 12.0 Å². The zero-order valence-corrected chi connectivity index (χ0v) is 12.0. The lowest BCUT2D eigenvalue weighted by Crippen LogP contribution is -2.40. The van der Waals surface area contributed by atoms with Crippen LogP contribution in [0.25, 0.3) is 0 Å². The van der Waals surface area contributed by atoms with Gasteiger partial charge in [0.05, 0.1) is 12.6 Å². The van der Waals surface area contributed by atoms with Crippen LogP contribution in [-0.4, -0.2) is 42.0 Å². The van der Waals surface area contributed by atoms with E-state index in [1.165, 1.54) is 0 Å². The van der Waals surface area contributed by atoms with Crippen LogP contribution in [-0.2, 0) is 9.59 Å². The summed E-state index contributed by atoms with van der Waals surface area (Å²) < 4.78 is 0. The summed E-state index contributed by atoms with van der Waals surface area (Å²) in [7, 11) is 1.69. The van der Waals surface area contributed by atoms with Crippen molar-refractivity contribution in [1.82, 2.24) is 10.2 Å². The van der Waals surface area contributed by atoms with E-state index < -0.39 is 0 Å². The van der Waals surface area contributed by atoms with Crippen molar-refractivity contribution in [3.05, 3.63) is 35.9 Å². The van der Waals surface area contributed by atoms with Crippen LogP contribution in [0.2, 0.25) is 0 Å². The molecule has 2 N–H and O–H groups in total. The number of aliphatic hydroxyl groups is 1. The van der Waals surface area contributed by atoms with Crippen LogP contribution >= 0.6 is 0 Å². The van der Waals surface area contributed by atoms with Crippen molar-refractivity contribution >= 4 is 11.8 Å². The molecule has 0 spiro atoms. The summed E-state index contributed by atoms with van der Waals surface area (Å²) in [6, 6.07) is 9.37. The third-order valence-electron chi connectivity index (χ3n) is 3.21. The summed E-state index contributed by atoms with van der Waals surface area (Å²) >= 11 is 0. The molecule has 0 saturated heterocycles. The maximum atomic E-state index is 12.1. The van der Waals surface area contributed by atoms with Crippen molar-refractivity contribution in [2.45, 2.75) is 25.8 Å². The van der Waals surface area contributed by atoms with Gasteiger partial charge in [0.1, 0.15) is 0 Å². The lowest BCUT2D eigenvalue weighted by Gasteiger charge is -2.28. The Hall–Kier alpha value is -1.88. The van der Waals surface area contributed by atoms with Gasteiger partial charge in [-0.1, -0.05) is 37.3 Å². The Kier molecular flexibility index (Phi) is 6.73. The Balaban J connectivity index is 2.71. The van der Waals surface area contributed by atoms with E-state index in [0.717, 1.165) is 5.56 Å². The highest BCUT2D eigenvalue weighted by Crippen LogP contribution is 2.22. The highest BCUT2D eigenvalue weighted by atomic mass is 16.3. The Morgan fingerprint density at radius 1 is 1.30 bits per heavy atom. The molecule has 1 unspecified atom stereocenters. The van der Waals surface area contributed by atoms with Crippen LogP contribution in [0.15, 0.2) is 30.3 Å². The third-order valence-corrected chi connectivity index (χ3v) is 3.21. The van der Waals surface area contributed by atoms with Gasteiger partial charge < -0.3 is 15.3 Å². The molecule has 0 aliphatic heterocycles. The first kappa shape index (κ1) is 16.2. The summed E-state index contributed by atoms with van der Waals surface area (Å²) in [6.45, 7) is 1.72. The molecule has 0 aromatic heterocycles. The number of likely N-dealkylation sites (N-methyl/N-ethyl adjacent to an activating group) is 1. The Morgan fingerprint density at radius 2 is 1.95 bits per heavy atom. The fourth-order valence-corrected chi connectivity index (χ4v) is 1.98. The van der Waals surface area contributed by atoms with E-state index in [0.29, 0.717) is 12.8 Å². The molecule has 0 radical (unpaired) electrons. The van der Waals surface area contributed by atoms with E-state index in [4.69, 9.17) is 0 Å². The maximum Gasteiger partial charge on any atom is 0.242 e. The van der Waals surface area contributed by atoms with Crippen molar-refractivity contribution in [3.63, 3.8) is 0 Å². The molecule has 1 aromatic carbocycles. The van der Waals surface area contributed by atoms with Gasteiger partial charge in [0, 0.05) is 20.1 Å². The minimum Gasteiger partial charge on any atom is -0.396 e. The van der Waals surface area contributed by atoms with E-state index >= 15 is 0 Å². The van der Waals surface area contributed by atoms with Gasteiger partial charge in [0.25, 0.3) is 0 Å². The minimum absolute atomic E-state index is 0.00149. The number of hydrogen-bond donors (Lipinski definition) is 2. The van der Waals surface area contributed by atoms with E-state index in [1.54, 1.807) is 18.9 Å². The number of nitrogens with zero attached hydrogens (tertiary/aromatic N) is 1. The minimum atomic E-state index is -0.188. The molecule has 0 aliphatic rings. The summed E-state index contributed by atoms with van der Waals surface area (Å²) in [4.78, 5) is 24.8. The molecule has 0 aliphatic carbocycles. The van der Waals surface area contributed by atoms with Crippen molar-refractivity contribution in [2.24, 2.45) is 0 Å². The maximum absolute atomic E-state index is 12.1. The molecular formula is C15H22N2O3. The smallest absolute Gasteiger partial charge is 0.242 e. The first-order valence-corrected chi connectivity index (χ1v) is 6.78. The van der Waals surface area contributed by atoms with Gasteiger partial charge in [0.15, 0.2) is 0 Å². The van der Waals surface area contributed by atoms with Gasteiger partial charge in [-0.25, -0.2) is 0 Å². The van der Waals surface area contributed by atoms with Gasteiger partial charge in [-0.2, -0.15) is 0 Å². The predicted molar refractivity (Wildman–Crippen MR) is 77.0 cm³/mol.